The summed E-state index contributed by atoms with van der Waals surface area (Å²) in [4.78, 5) is 40.1. The standard InChI is InChI=1S/C23H21F3N2O7/c1-21-9-15(20(31)34-11-33-7-6-32-3)22(2,35-21)17-16(21)18(29)28(19(17)30)13-5-4-12(10-27)14(8-13)23(24,25)26/h4-5,8-9,16-17H,6-7,11H2,1-3H3. The van der Waals surface area contributed by atoms with Crippen LogP contribution in [-0.4, -0.2) is 56.1 Å². The number of amides is 2. The molecule has 4 unspecified atom stereocenters. The lowest BCUT2D eigenvalue weighted by Crippen LogP contribution is -2.43. The maximum atomic E-state index is 13.5. The van der Waals surface area contributed by atoms with E-state index >= 15 is 0 Å². The number of benzene rings is 1. The number of rotatable bonds is 7. The van der Waals surface area contributed by atoms with Gasteiger partial charge in [0.15, 0.2) is 6.79 Å². The van der Waals surface area contributed by atoms with E-state index in [1.54, 1.807) is 0 Å². The molecule has 186 valence electrons. The molecule has 2 saturated heterocycles. The second-order valence-electron chi connectivity index (χ2n) is 8.71. The van der Waals surface area contributed by atoms with E-state index in [2.05, 4.69) is 0 Å². The van der Waals surface area contributed by atoms with Gasteiger partial charge in [0.05, 0.1) is 59.1 Å². The van der Waals surface area contributed by atoms with E-state index in [1.807, 2.05) is 0 Å². The maximum absolute atomic E-state index is 13.5. The number of halogens is 3. The predicted molar refractivity (Wildman–Crippen MR) is 110 cm³/mol. The van der Waals surface area contributed by atoms with Crippen LogP contribution < -0.4 is 4.90 Å². The average Bonchev–Trinajstić information content (AvgIpc) is 3.33. The van der Waals surface area contributed by atoms with Crippen molar-refractivity contribution in [1.29, 1.82) is 5.26 Å². The fourth-order valence-corrected chi connectivity index (χ4v) is 5.05. The highest BCUT2D eigenvalue weighted by Crippen LogP contribution is 2.60. The van der Waals surface area contributed by atoms with Crippen LogP contribution in [0.5, 0.6) is 0 Å². The van der Waals surface area contributed by atoms with E-state index in [-0.39, 0.29) is 24.7 Å². The lowest BCUT2D eigenvalue weighted by atomic mass is 9.69. The Hall–Kier alpha value is -3.27. The smallest absolute Gasteiger partial charge is 0.417 e. The van der Waals surface area contributed by atoms with Crippen LogP contribution in [0.1, 0.15) is 25.0 Å². The Morgan fingerprint density at radius 3 is 2.51 bits per heavy atom. The summed E-state index contributed by atoms with van der Waals surface area (Å²) in [7, 11) is 1.48. The summed E-state index contributed by atoms with van der Waals surface area (Å²) < 4.78 is 61.4. The highest BCUT2D eigenvalue weighted by Gasteiger charge is 2.74. The van der Waals surface area contributed by atoms with Gasteiger partial charge in [-0.1, -0.05) is 0 Å². The van der Waals surface area contributed by atoms with Gasteiger partial charge in [0.2, 0.25) is 11.8 Å². The first-order valence-corrected chi connectivity index (χ1v) is 10.6. The van der Waals surface area contributed by atoms with Crippen molar-refractivity contribution in [3.8, 4) is 6.07 Å². The van der Waals surface area contributed by atoms with Crippen LogP contribution in [0.2, 0.25) is 0 Å². The zero-order valence-electron chi connectivity index (χ0n) is 19.0. The largest absolute Gasteiger partial charge is 0.435 e. The summed E-state index contributed by atoms with van der Waals surface area (Å²) in [5.74, 6) is -4.58. The van der Waals surface area contributed by atoms with Gasteiger partial charge in [0.25, 0.3) is 0 Å². The monoisotopic (exact) mass is 494 g/mol. The molecule has 3 aliphatic heterocycles. The Kier molecular flexibility index (Phi) is 5.99. The molecule has 0 aliphatic carbocycles. The summed E-state index contributed by atoms with van der Waals surface area (Å²) in [6.07, 6.45) is -3.45. The molecule has 35 heavy (non-hydrogen) atoms. The molecule has 2 bridgehead atoms. The number of esters is 1. The van der Waals surface area contributed by atoms with Gasteiger partial charge in [-0.05, 0) is 38.1 Å². The highest BCUT2D eigenvalue weighted by atomic mass is 19.4. The summed E-state index contributed by atoms with van der Waals surface area (Å²) >= 11 is 0. The molecule has 2 fully saturated rings. The third kappa shape index (κ3) is 3.80. The maximum Gasteiger partial charge on any atom is 0.417 e. The molecule has 0 spiro atoms. The molecular formula is C23H21F3N2O7. The number of nitriles is 1. The zero-order chi connectivity index (χ0) is 25.8. The molecular weight excluding hydrogens is 473 g/mol. The minimum atomic E-state index is -4.87. The number of ether oxygens (including phenoxy) is 4. The van der Waals surface area contributed by atoms with Crippen molar-refractivity contribution < 1.29 is 46.5 Å². The number of imide groups is 1. The molecule has 1 aromatic rings. The molecule has 0 saturated carbocycles. The van der Waals surface area contributed by atoms with E-state index in [4.69, 9.17) is 24.2 Å². The highest BCUT2D eigenvalue weighted by molar-refractivity contribution is 6.24. The van der Waals surface area contributed by atoms with Gasteiger partial charge in [-0.25, -0.2) is 9.69 Å². The quantitative estimate of drug-likeness (QED) is 0.246. The van der Waals surface area contributed by atoms with Crippen molar-refractivity contribution in [2.75, 3.05) is 32.0 Å². The SMILES string of the molecule is COCCOCOC(=O)C1=CC2(C)OC1(C)C1C(=O)N(c3ccc(C#N)c(C(F)(F)F)c3)C(=O)C12. The molecule has 3 heterocycles. The van der Waals surface area contributed by atoms with Gasteiger partial charge in [0, 0.05) is 7.11 Å². The van der Waals surface area contributed by atoms with Crippen molar-refractivity contribution in [3.05, 3.63) is 41.0 Å². The first kappa shape index (κ1) is 24.8. The van der Waals surface area contributed by atoms with Crippen LogP contribution in [0.25, 0.3) is 0 Å². The Labute approximate surface area is 198 Å². The van der Waals surface area contributed by atoms with Crippen molar-refractivity contribution >= 4 is 23.5 Å². The second-order valence-corrected chi connectivity index (χ2v) is 8.71. The molecule has 4 atom stereocenters. The lowest BCUT2D eigenvalue weighted by Gasteiger charge is -2.28. The molecule has 2 amide bonds. The van der Waals surface area contributed by atoms with Crippen molar-refractivity contribution in [3.63, 3.8) is 0 Å². The van der Waals surface area contributed by atoms with E-state index in [0.717, 1.165) is 12.1 Å². The molecule has 12 heteroatoms. The molecule has 0 radical (unpaired) electrons. The minimum Gasteiger partial charge on any atom is -0.435 e. The van der Waals surface area contributed by atoms with Gasteiger partial charge in [-0.3, -0.25) is 9.59 Å². The third-order valence-corrected chi connectivity index (χ3v) is 6.53. The summed E-state index contributed by atoms with van der Waals surface area (Å²) in [6.45, 7) is 3.10. The molecule has 3 aliphatic rings. The Morgan fingerprint density at radius 1 is 1.20 bits per heavy atom. The van der Waals surface area contributed by atoms with Crippen molar-refractivity contribution in [2.24, 2.45) is 11.8 Å². The van der Waals surface area contributed by atoms with Crippen LogP contribution in [0.15, 0.2) is 29.8 Å². The van der Waals surface area contributed by atoms with E-state index in [0.29, 0.717) is 17.6 Å². The van der Waals surface area contributed by atoms with Gasteiger partial charge >= 0.3 is 12.1 Å². The molecule has 9 nitrogen and oxygen atoms in total. The topological polar surface area (TPSA) is 115 Å². The number of hydrogen-bond acceptors (Lipinski definition) is 8. The van der Waals surface area contributed by atoms with Gasteiger partial charge in [-0.15, -0.1) is 0 Å². The van der Waals surface area contributed by atoms with Crippen molar-refractivity contribution in [1.82, 2.24) is 0 Å². The number of fused-ring (bicyclic) bond motifs is 5. The summed E-state index contributed by atoms with van der Waals surface area (Å²) in [5.41, 5.74) is -5.08. The lowest BCUT2D eigenvalue weighted by molar-refractivity contribution is -0.155. The zero-order valence-corrected chi connectivity index (χ0v) is 19.0. The predicted octanol–water partition coefficient (Wildman–Crippen LogP) is 2.33. The van der Waals surface area contributed by atoms with E-state index < -0.39 is 58.1 Å². The average molecular weight is 494 g/mol. The Morgan fingerprint density at radius 2 is 1.89 bits per heavy atom. The van der Waals surface area contributed by atoms with Gasteiger partial charge < -0.3 is 18.9 Å². The summed E-state index contributed by atoms with van der Waals surface area (Å²) in [5, 5.41) is 9.02. The number of methoxy groups -OCH3 is 1. The number of carbonyl (C=O) groups excluding carboxylic acids is 3. The molecule has 1 aromatic carbocycles. The van der Waals surface area contributed by atoms with E-state index in [1.165, 1.54) is 33.1 Å². The summed E-state index contributed by atoms with van der Waals surface area (Å²) in [6, 6.07) is 4.08. The molecule has 4 rings (SSSR count). The number of alkyl halides is 3. The van der Waals surface area contributed by atoms with Crippen LogP contribution >= 0.6 is 0 Å². The van der Waals surface area contributed by atoms with Crippen molar-refractivity contribution in [2.45, 2.75) is 31.2 Å². The Balaban J connectivity index is 1.63. The fraction of sp³-hybridized carbons (Fsp3) is 0.478. The molecule has 0 aromatic heterocycles. The van der Waals surface area contributed by atoms with Crippen LogP contribution in [0.4, 0.5) is 18.9 Å². The number of anilines is 1. The number of nitrogens with zero attached hydrogens (tertiary/aromatic N) is 2. The number of hydrogen-bond donors (Lipinski definition) is 0. The van der Waals surface area contributed by atoms with Crippen LogP contribution in [0, 0.1) is 23.2 Å². The van der Waals surface area contributed by atoms with Gasteiger partial charge in [0.1, 0.15) is 5.60 Å². The van der Waals surface area contributed by atoms with Gasteiger partial charge in [-0.2, -0.15) is 18.4 Å². The van der Waals surface area contributed by atoms with E-state index in [9.17, 15) is 27.6 Å². The third-order valence-electron chi connectivity index (χ3n) is 6.53. The first-order chi connectivity index (χ1) is 16.4. The Bertz CT molecular complexity index is 1170. The second kappa shape index (κ2) is 8.44. The first-order valence-electron chi connectivity index (χ1n) is 10.6. The fourth-order valence-electron chi connectivity index (χ4n) is 5.05. The number of carbonyl (C=O) groups is 3. The normalized spacial score (nSPS) is 29.3. The molecule has 0 N–H and O–H groups in total. The minimum absolute atomic E-state index is 0.0235. The van der Waals surface area contributed by atoms with Crippen LogP contribution in [-0.2, 0) is 39.5 Å². The van der Waals surface area contributed by atoms with Crippen LogP contribution in [0.3, 0.4) is 0 Å².